The van der Waals surface area contributed by atoms with Gasteiger partial charge in [-0.05, 0) is 48.9 Å². The Bertz CT molecular complexity index is 1350. The van der Waals surface area contributed by atoms with Crippen LogP contribution in [0.4, 0.5) is 24.9 Å². The summed E-state index contributed by atoms with van der Waals surface area (Å²) in [5.74, 6) is -0.782. The molecular formula is C28H31F3N8O2. The van der Waals surface area contributed by atoms with Crippen molar-refractivity contribution in [3.63, 3.8) is 0 Å². The molecule has 3 unspecified atom stereocenters. The number of amides is 1. The number of aromatic nitrogens is 4. The van der Waals surface area contributed by atoms with E-state index in [0.29, 0.717) is 50.8 Å². The third-order valence-electron chi connectivity index (χ3n) is 8.11. The van der Waals surface area contributed by atoms with Crippen LogP contribution in [0.15, 0.2) is 55.2 Å². The summed E-state index contributed by atoms with van der Waals surface area (Å²) in [5.41, 5.74) is 5.47. The predicted octanol–water partition coefficient (Wildman–Crippen LogP) is 3.40. The molecule has 4 heterocycles. The number of benzene rings is 1. The van der Waals surface area contributed by atoms with Gasteiger partial charge >= 0.3 is 6.18 Å². The number of nitrogen functional groups attached to an aromatic ring is 1. The van der Waals surface area contributed by atoms with E-state index in [4.69, 9.17) is 10.5 Å². The number of morpholine rings is 1. The Morgan fingerprint density at radius 3 is 2.37 bits per heavy atom. The molecule has 2 aromatic heterocycles. The number of nitrogens with two attached hydrogens (primary N) is 1. The molecule has 1 aliphatic carbocycles. The van der Waals surface area contributed by atoms with Gasteiger partial charge in [0, 0.05) is 43.4 Å². The van der Waals surface area contributed by atoms with Crippen LogP contribution in [0.2, 0.25) is 0 Å². The van der Waals surface area contributed by atoms with E-state index in [1.165, 1.54) is 18.9 Å². The molecule has 3 aliphatic rings. The van der Waals surface area contributed by atoms with Gasteiger partial charge in [0.2, 0.25) is 5.95 Å². The maximum absolute atomic E-state index is 14.6. The molecule has 41 heavy (non-hydrogen) atoms. The van der Waals surface area contributed by atoms with E-state index in [-0.39, 0.29) is 23.2 Å². The average Bonchev–Trinajstić information content (AvgIpc) is 3.83. The minimum atomic E-state index is -4.67. The van der Waals surface area contributed by atoms with Gasteiger partial charge in [-0.1, -0.05) is 18.2 Å². The zero-order valence-electron chi connectivity index (χ0n) is 22.3. The molecule has 6 rings (SSSR count). The number of piperidine rings is 1. The molecule has 13 heteroatoms. The van der Waals surface area contributed by atoms with E-state index in [2.05, 4.69) is 19.9 Å². The van der Waals surface area contributed by atoms with Crippen molar-refractivity contribution in [2.45, 2.75) is 43.4 Å². The van der Waals surface area contributed by atoms with Crippen LogP contribution in [0.1, 0.15) is 46.7 Å². The maximum Gasteiger partial charge on any atom is 0.416 e. The number of hydrogen-bond donors (Lipinski definition) is 1. The fraction of sp³-hybridized carbons (Fsp3) is 0.464. The zero-order valence-corrected chi connectivity index (χ0v) is 22.3. The number of halogens is 3. The fourth-order valence-electron chi connectivity index (χ4n) is 6.25. The van der Waals surface area contributed by atoms with Gasteiger partial charge in [0.25, 0.3) is 5.91 Å². The second-order valence-corrected chi connectivity index (χ2v) is 10.6. The summed E-state index contributed by atoms with van der Waals surface area (Å²) in [6, 6.07) is 8.77. The van der Waals surface area contributed by atoms with Crippen molar-refractivity contribution >= 4 is 17.7 Å². The molecule has 0 bridgehead atoms. The van der Waals surface area contributed by atoms with E-state index in [1.54, 1.807) is 29.2 Å². The highest BCUT2D eigenvalue weighted by atomic mass is 19.4. The number of nitrogens with zero attached hydrogens (tertiary/aromatic N) is 7. The molecule has 1 amide bonds. The van der Waals surface area contributed by atoms with Crippen LogP contribution in [0.25, 0.3) is 0 Å². The molecule has 3 atom stereocenters. The van der Waals surface area contributed by atoms with Gasteiger partial charge in [-0.3, -0.25) is 9.80 Å². The van der Waals surface area contributed by atoms with E-state index >= 15 is 0 Å². The van der Waals surface area contributed by atoms with Gasteiger partial charge in [0.05, 0.1) is 24.8 Å². The molecule has 3 fully saturated rings. The number of ether oxygens (including phenoxy) is 1. The Labute approximate surface area is 235 Å². The first kappa shape index (κ1) is 27.3. The normalized spacial score (nSPS) is 23.8. The van der Waals surface area contributed by atoms with E-state index in [1.807, 2.05) is 16.1 Å². The van der Waals surface area contributed by atoms with Gasteiger partial charge in [0.15, 0.2) is 0 Å². The Hall–Kier alpha value is -3.84. The van der Waals surface area contributed by atoms with Gasteiger partial charge in [-0.15, -0.1) is 0 Å². The second kappa shape index (κ2) is 11.2. The summed E-state index contributed by atoms with van der Waals surface area (Å²) in [6.07, 6.45) is 1.35. The lowest BCUT2D eigenvalue weighted by Gasteiger charge is -2.52. The Morgan fingerprint density at radius 2 is 1.71 bits per heavy atom. The smallest absolute Gasteiger partial charge is 0.384 e. The second-order valence-electron chi connectivity index (χ2n) is 10.6. The van der Waals surface area contributed by atoms with Crippen molar-refractivity contribution in [1.29, 1.82) is 0 Å². The Balaban J connectivity index is 1.52. The topological polar surface area (TPSA) is 114 Å². The predicted molar refractivity (Wildman–Crippen MR) is 143 cm³/mol. The van der Waals surface area contributed by atoms with Crippen molar-refractivity contribution in [3.8, 4) is 0 Å². The molecule has 10 nitrogen and oxygen atoms in total. The third kappa shape index (κ3) is 5.55. The quantitative estimate of drug-likeness (QED) is 0.478. The molecule has 2 N–H and O–H groups in total. The van der Waals surface area contributed by atoms with E-state index in [0.717, 1.165) is 18.9 Å². The van der Waals surface area contributed by atoms with Crippen LogP contribution in [0.5, 0.6) is 0 Å². The summed E-state index contributed by atoms with van der Waals surface area (Å²) in [6.45, 7) is 2.32. The Morgan fingerprint density at radius 1 is 1.00 bits per heavy atom. The number of rotatable bonds is 6. The van der Waals surface area contributed by atoms with Crippen molar-refractivity contribution in [3.05, 3.63) is 71.9 Å². The highest BCUT2D eigenvalue weighted by Gasteiger charge is 2.53. The molecule has 0 radical (unpaired) electrons. The number of pyridine rings is 1. The van der Waals surface area contributed by atoms with Crippen LogP contribution in [0.3, 0.4) is 0 Å². The maximum atomic E-state index is 14.6. The van der Waals surface area contributed by atoms with Crippen molar-refractivity contribution < 1.29 is 22.7 Å². The van der Waals surface area contributed by atoms with E-state index in [9.17, 15) is 18.0 Å². The minimum absolute atomic E-state index is 0.0199. The van der Waals surface area contributed by atoms with Crippen molar-refractivity contribution in [2.75, 3.05) is 43.6 Å². The molecule has 2 aliphatic heterocycles. The summed E-state index contributed by atoms with van der Waals surface area (Å²) in [7, 11) is 0. The molecule has 3 aromatic rings. The first-order valence-corrected chi connectivity index (χ1v) is 13.8. The van der Waals surface area contributed by atoms with Gasteiger partial charge in [-0.25, -0.2) is 24.9 Å². The number of anilines is 2. The summed E-state index contributed by atoms with van der Waals surface area (Å²) >= 11 is 0. The zero-order chi connectivity index (χ0) is 28.6. The van der Waals surface area contributed by atoms with Crippen LogP contribution < -0.4 is 10.7 Å². The first-order chi connectivity index (χ1) is 19.8. The monoisotopic (exact) mass is 568 g/mol. The van der Waals surface area contributed by atoms with E-state index < -0.39 is 29.7 Å². The first-order valence-electron chi connectivity index (χ1n) is 13.8. The molecule has 0 spiro atoms. The lowest BCUT2D eigenvalue weighted by molar-refractivity contribution is -0.138. The lowest BCUT2D eigenvalue weighted by atomic mass is 9.75. The molecule has 1 saturated carbocycles. The van der Waals surface area contributed by atoms with Crippen LogP contribution in [-0.4, -0.2) is 80.7 Å². The Kier molecular flexibility index (Phi) is 7.47. The largest absolute Gasteiger partial charge is 0.416 e. The van der Waals surface area contributed by atoms with Gasteiger partial charge in [0.1, 0.15) is 18.5 Å². The summed E-state index contributed by atoms with van der Waals surface area (Å²) in [5, 5.41) is 3.94. The number of hydrazine groups is 1. The van der Waals surface area contributed by atoms with Crippen molar-refractivity contribution in [1.82, 2.24) is 29.8 Å². The van der Waals surface area contributed by atoms with Crippen LogP contribution in [0, 0.1) is 5.92 Å². The fourth-order valence-corrected chi connectivity index (χ4v) is 6.25. The third-order valence-corrected chi connectivity index (χ3v) is 8.11. The highest BCUT2D eigenvalue weighted by Crippen LogP contribution is 2.50. The number of likely N-dealkylation sites (tertiary alicyclic amines) is 1. The highest BCUT2D eigenvalue weighted by molar-refractivity contribution is 5.94. The van der Waals surface area contributed by atoms with Crippen molar-refractivity contribution in [2.24, 2.45) is 5.92 Å². The number of carbonyl (C=O) groups is 1. The molecule has 1 aromatic carbocycles. The summed E-state index contributed by atoms with van der Waals surface area (Å²) < 4.78 is 49.4. The van der Waals surface area contributed by atoms with Crippen LogP contribution >= 0.6 is 0 Å². The van der Waals surface area contributed by atoms with Gasteiger partial charge < -0.3 is 15.4 Å². The lowest BCUT2D eigenvalue weighted by Crippen LogP contribution is -2.63. The van der Waals surface area contributed by atoms with Gasteiger partial charge in [-0.2, -0.15) is 13.2 Å². The molecular weight excluding hydrogens is 537 g/mol. The molecule has 2 saturated heterocycles. The number of hydrogen-bond acceptors (Lipinski definition) is 9. The average molecular weight is 569 g/mol. The minimum Gasteiger partial charge on any atom is -0.384 e. The summed E-state index contributed by atoms with van der Waals surface area (Å²) in [4.78, 5) is 32.6. The molecule has 216 valence electrons. The standard InChI is InChI=1S/C28H31F3N8O2/c29-28(30,31)21-14-23(32)34-15-20(21)24-22(39(27-35-16-33-17-36-27)37-10-12-41-13-11-37)8-9-38(25(24)18-6-7-18)26(40)19-4-2-1-3-5-19/h1-5,14-18,22,24-25H,6-13H2,(H2,32,34). The SMILES string of the molecule is Nc1cc(C(F)(F)F)c(C2C(C3CC3)N(C(=O)c3ccccc3)CCC2N(c2ncncn2)N2CCOCC2)cn1. The van der Waals surface area contributed by atoms with Crippen LogP contribution in [-0.2, 0) is 10.9 Å². The number of alkyl halides is 3. The number of carbonyl (C=O) groups excluding carboxylic acids is 1.